The minimum absolute atomic E-state index is 0.346. The Morgan fingerprint density at radius 2 is 2.33 bits per heavy atom. The van der Waals surface area contributed by atoms with Gasteiger partial charge in [-0.2, -0.15) is 0 Å². The molecule has 1 aromatic rings. The van der Waals surface area contributed by atoms with Gasteiger partial charge < -0.3 is 11.1 Å². The van der Waals surface area contributed by atoms with Crippen LogP contribution in [0.3, 0.4) is 0 Å². The van der Waals surface area contributed by atoms with Gasteiger partial charge in [0.2, 0.25) is 5.91 Å². The molecule has 0 saturated carbocycles. The third-order valence-corrected chi connectivity index (χ3v) is 3.68. The van der Waals surface area contributed by atoms with Crippen molar-refractivity contribution in [3.8, 4) is 0 Å². The summed E-state index contributed by atoms with van der Waals surface area (Å²) < 4.78 is 0. The highest BCUT2D eigenvalue weighted by Crippen LogP contribution is 2.32. The third kappa shape index (κ3) is 1.53. The van der Waals surface area contributed by atoms with Gasteiger partial charge in [-0.05, 0) is 29.7 Å². The van der Waals surface area contributed by atoms with Crippen LogP contribution in [0.1, 0.15) is 11.1 Å². The monoisotopic (exact) mass is 241 g/mol. The van der Waals surface area contributed by atoms with Crippen LogP contribution in [0.5, 0.6) is 0 Å². The average Bonchev–Trinajstić information content (AvgIpc) is 2.86. The first-order valence-corrected chi connectivity index (χ1v) is 6.07. The van der Waals surface area contributed by atoms with E-state index in [2.05, 4.69) is 16.4 Å². The van der Waals surface area contributed by atoms with E-state index in [1.54, 1.807) is 12.3 Å². The molecule has 3 N–H and O–H groups in total. The molecule has 1 unspecified atom stereocenters. The Morgan fingerprint density at radius 1 is 1.44 bits per heavy atom. The number of hydrogen-bond acceptors (Lipinski definition) is 3. The number of fused-ring (bicyclic) bond motifs is 1. The maximum absolute atomic E-state index is 11.9. The third-order valence-electron chi connectivity index (χ3n) is 3.68. The lowest BCUT2D eigenvalue weighted by Crippen LogP contribution is -2.43. The number of dihydropyridines is 1. The van der Waals surface area contributed by atoms with E-state index in [0.29, 0.717) is 6.54 Å². The van der Waals surface area contributed by atoms with Gasteiger partial charge in [0.1, 0.15) is 5.41 Å². The van der Waals surface area contributed by atoms with E-state index >= 15 is 0 Å². The molecule has 0 aromatic heterocycles. The summed E-state index contributed by atoms with van der Waals surface area (Å²) in [6.07, 6.45) is 6.34. The molecule has 2 aliphatic rings. The first kappa shape index (κ1) is 11.0. The van der Waals surface area contributed by atoms with Crippen molar-refractivity contribution < 1.29 is 4.79 Å². The maximum atomic E-state index is 11.9. The first-order chi connectivity index (χ1) is 8.72. The first-order valence-electron chi connectivity index (χ1n) is 6.07. The van der Waals surface area contributed by atoms with Gasteiger partial charge >= 0.3 is 0 Å². The Hall–Kier alpha value is -2.10. The zero-order valence-electron chi connectivity index (χ0n) is 10.0. The van der Waals surface area contributed by atoms with Crippen LogP contribution in [0.2, 0.25) is 0 Å². The second kappa shape index (κ2) is 3.98. The molecular formula is C14H15N3O. The minimum Gasteiger partial charge on any atom is -0.384 e. The molecular weight excluding hydrogens is 226 g/mol. The normalized spacial score (nSPS) is 24.7. The molecule has 0 radical (unpaired) electrons. The van der Waals surface area contributed by atoms with Gasteiger partial charge in [0.05, 0.1) is 6.54 Å². The van der Waals surface area contributed by atoms with Crippen LogP contribution >= 0.6 is 0 Å². The fourth-order valence-electron chi connectivity index (χ4n) is 2.59. The number of rotatable bonds is 2. The Balaban J connectivity index is 2.09. The van der Waals surface area contributed by atoms with Crippen LogP contribution in [0, 0.1) is 0 Å². The number of nitrogens with two attached hydrogens (primary N) is 1. The zero-order chi connectivity index (χ0) is 12.6. The van der Waals surface area contributed by atoms with Gasteiger partial charge in [-0.3, -0.25) is 9.79 Å². The van der Waals surface area contributed by atoms with Crippen molar-refractivity contribution in [3.63, 3.8) is 0 Å². The number of allylic oxidation sites excluding steroid dienone is 1. The summed E-state index contributed by atoms with van der Waals surface area (Å²) in [7, 11) is 0. The number of carbonyl (C=O) groups is 1. The molecule has 0 aliphatic carbocycles. The predicted octanol–water partition coefficient (Wildman–Crippen LogP) is 1.02. The summed E-state index contributed by atoms with van der Waals surface area (Å²) in [5.74, 6) is -0.346. The molecule has 2 heterocycles. The quantitative estimate of drug-likeness (QED) is 0.811. The number of carbonyl (C=O) groups excluding carboxylic acids is 1. The van der Waals surface area contributed by atoms with Crippen LogP contribution in [0.4, 0.5) is 5.69 Å². The molecule has 3 rings (SSSR count). The van der Waals surface area contributed by atoms with Gasteiger partial charge in [-0.15, -0.1) is 0 Å². The van der Waals surface area contributed by atoms with Crippen molar-refractivity contribution in [1.29, 1.82) is 0 Å². The van der Waals surface area contributed by atoms with Gasteiger partial charge in [0, 0.05) is 18.4 Å². The molecule has 0 saturated heterocycles. The van der Waals surface area contributed by atoms with Crippen molar-refractivity contribution in [1.82, 2.24) is 0 Å². The van der Waals surface area contributed by atoms with E-state index in [4.69, 9.17) is 5.73 Å². The van der Waals surface area contributed by atoms with E-state index < -0.39 is 5.41 Å². The fourth-order valence-corrected chi connectivity index (χ4v) is 2.59. The van der Waals surface area contributed by atoms with E-state index in [9.17, 15) is 4.79 Å². The summed E-state index contributed by atoms with van der Waals surface area (Å²) in [4.78, 5) is 16.1. The number of primary amides is 1. The van der Waals surface area contributed by atoms with E-state index in [1.165, 1.54) is 5.56 Å². The lowest BCUT2D eigenvalue weighted by atomic mass is 9.78. The maximum Gasteiger partial charge on any atom is 0.233 e. The van der Waals surface area contributed by atoms with Gasteiger partial charge in [-0.25, -0.2) is 0 Å². The molecule has 18 heavy (non-hydrogen) atoms. The highest BCUT2D eigenvalue weighted by atomic mass is 16.1. The standard InChI is InChI=1S/C14H15N3O/c15-13(18)14(5-1-6-16-9-14)11-2-3-12-10(8-11)4-7-17-12/h1-3,5-6,8,17H,4,7,9H2,(H2,15,18). The molecule has 0 fully saturated rings. The molecule has 0 spiro atoms. The lowest BCUT2D eigenvalue weighted by molar-refractivity contribution is -0.121. The highest BCUT2D eigenvalue weighted by Gasteiger charge is 2.37. The number of anilines is 1. The molecule has 4 heteroatoms. The summed E-state index contributed by atoms with van der Waals surface area (Å²) in [6, 6.07) is 6.06. The van der Waals surface area contributed by atoms with Crippen molar-refractivity contribution in [3.05, 3.63) is 41.5 Å². The number of nitrogens with zero attached hydrogens (tertiary/aromatic N) is 1. The topological polar surface area (TPSA) is 67.5 Å². The van der Waals surface area contributed by atoms with E-state index in [-0.39, 0.29) is 5.91 Å². The van der Waals surface area contributed by atoms with Crippen molar-refractivity contribution >= 4 is 17.8 Å². The van der Waals surface area contributed by atoms with Gasteiger partial charge in [0.15, 0.2) is 0 Å². The summed E-state index contributed by atoms with van der Waals surface area (Å²) in [5, 5.41) is 3.31. The number of aliphatic imine (C=N–C) groups is 1. The Morgan fingerprint density at radius 3 is 3.06 bits per heavy atom. The Labute approximate surface area is 106 Å². The van der Waals surface area contributed by atoms with Crippen molar-refractivity contribution in [2.45, 2.75) is 11.8 Å². The lowest BCUT2D eigenvalue weighted by Gasteiger charge is -2.28. The molecule has 0 bridgehead atoms. The van der Waals surface area contributed by atoms with Crippen molar-refractivity contribution in [2.75, 3.05) is 18.4 Å². The predicted molar refractivity (Wildman–Crippen MR) is 72.0 cm³/mol. The SMILES string of the molecule is NC(=O)C1(c2ccc3c(c2)CCN3)C=CC=NC1. The largest absolute Gasteiger partial charge is 0.384 e. The molecule has 1 aromatic carbocycles. The minimum atomic E-state index is -0.785. The number of amides is 1. The van der Waals surface area contributed by atoms with E-state index in [0.717, 1.165) is 24.2 Å². The van der Waals surface area contributed by atoms with Crippen LogP contribution in [0.25, 0.3) is 0 Å². The fraction of sp³-hybridized carbons (Fsp3) is 0.286. The van der Waals surface area contributed by atoms with Crippen LogP contribution in [0.15, 0.2) is 35.3 Å². The molecule has 1 atom stereocenters. The van der Waals surface area contributed by atoms with E-state index in [1.807, 2.05) is 18.2 Å². The second-order valence-electron chi connectivity index (χ2n) is 4.73. The molecule has 4 nitrogen and oxygen atoms in total. The van der Waals surface area contributed by atoms with Crippen molar-refractivity contribution in [2.24, 2.45) is 10.7 Å². The number of hydrogen-bond donors (Lipinski definition) is 2. The van der Waals surface area contributed by atoms with Crippen LogP contribution < -0.4 is 11.1 Å². The van der Waals surface area contributed by atoms with Crippen LogP contribution in [-0.2, 0) is 16.6 Å². The Kier molecular flexibility index (Phi) is 2.44. The highest BCUT2D eigenvalue weighted by molar-refractivity contribution is 5.92. The van der Waals surface area contributed by atoms with Gasteiger partial charge in [0.25, 0.3) is 0 Å². The molecule has 2 aliphatic heterocycles. The summed E-state index contributed by atoms with van der Waals surface area (Å²) in [6.45, 7) is 1.35. The Bertz CT molecular complexity index is 562. The van der Waals surface area contributed by atoms with Gasteiger partial charge in [-0.1, -0.05) is 18.2 Å². The summed E-state index contributed by atoms with van der Waals surface area (Å²) >= 11 is 0. The molecule has 92 valence electrons. The zero-order valence-corrected chi connectivity index (χ0v) is 10.0. The molecule has 1 amide bonds. The summed E-state index contributed by atoms with van der Waals surface area (Å²) in [5.41, 5.74) is 8.15. The second-order valence-corrected chi connectivity index (χ2v) is 4.73. The van der Waals surface area contributed by atoms with Crippen LogP contribution in [-0.4, -0.2) is 25.2 Å². The number of benzene rings is 1. The number of nitrogens with one attached hydrogen (secondary N) is 1. The average molecular weight is 241 g/mol. The smallest absolute Gasteiger partial charge is 0.233 e.